The highest BCUT2D eigenvalue weighted by Crippen LogP contribution is 2.32. The SMILES string of the molecule is CC(C)Oc1cccc(N(CC#N)CC#N)c1N. The molecule has 0 bridgehead atoms. The third-order valence-corrected chi connectivity index (χ3v) is 2.27. The molecule has 2 N–H and O–H groups in total. The molecule has 0 spiro atoms. The monoisotopic (exact) mass is 244 g/mol. The van der Waals surface area contributed by atoms with Crippen LogP contribution in [0.25, 0.3) is 0 Å². The van der Waals surface area contributed by atoms with Crippen molar-refractivity contribution < 1.29 is 4.74 Å². The minimum Gasteiger partial charge on any atom is -0.489 e. The van der Waals surface area contributed by atoms with E-state index in [2.05, 4.69) is 0 Å². The molecular weight excluding hydrogens is 228 g/mol. The molecule has 0 aromatic heterocycles. The van der Waals surface area contributed by atoms with Crippen LogP contribution >= 0.6 is 0 Å². The highest BCUT2D eigenvalue weighted by Gasteiger charge is 2.13. The summed E-state index contributed by atoms with van der Waals surface area (Å²) in [7, 11) is 0. The Bertz CT molecular complexity index is 469. The number of benzene rings is 1. The van der Waals surface area contributed by atoms with Crippen LogP contribution in [0, 0.1) is 22.7 Å². The maximum atomic E-state index is 8.76. The van der Waals surface area contributed by atoms with E-state index in [1.807, 2.05) is 26.0 Å². The van der Waals surface area contributed by atoms with Crippen molar-refractivity contribution in [1.29, 1.82) is 10.5 Å². The van der Waals surface area contributed by atoms with Crippen LogP contribution in [0.1, 0.15) is 13.8 Å². The molecule has 0 aliphatic rings. The Balaban J connectivity index is 3.08. The van der Waals surface area contributed by atoms with Gasteiger partial charge in [-0.15, -0.1) is 0 Å². The van der Waals surface area contributed by atoms with Crippen molar-refractivity contribution in [3.63, 3.8) is 0 Å². The summed E-state index contributed by atoms with van der Waals surface area (Å²) in [5, 5.41) is 17.5. The van der Waals surface area contributed by atoms with Gasteiger partial charge in [0, 0.05) is 0 Å². The first-order valence-electron chi connectivity index (χ1n) is 5.64. The van der Waals surface area contributed by atoms with E-state index in [4.69, 9.17) is 21.0 Å². The lowest BCUT2D eigenvalue weighted by atomic mass is 10.2. The zero-order chi connectivity index (χ0) is 13.5. The third-order valence-electron chi connectivity index (χ3n) is 2.27. The van der Waals surface area contributed by atoms with Gasteiger partial charge < -0.3 is 15.4 Å². The van der Waals surface area contributed by atoms with Crippen molar-refractivity contribution in [3.05, 3.63) is 18.2 Å². The van der Waals surface area contributed by atoms with E-state index in [-0.39, 0.29) is 19.2 Å². The van der Waals surface area contributed by atoms with Crippen molar-refractivity contribution in [1.82, 2.24) is 0 Å². The predicted octanol–water partition coefficient (Wildman–Crippen LogP) is 1.91. The lowest BCUT2D eigenvalue weighted by Gasteiger charge is -2.22. The van der Waals surface area contributed by atoms with Gasteiger partial charge in [-0.05, 0) is 26.0 Å². The fourth-order valence-corrected chi connectivity index (χ4v) is 1.56. The number of nitrogens with zero attached hydrogens (tertiary/aromatic N) is 3. The summed E-state index contributed by atoms with van der Waals surface area (Å²) in [6.07, 6.45) is 0.0166. The molecule has 94 valence electrons. The topological polar surface area (TPSA) is 86.1 Å². The van der Waals surface area contributed by atoms with Gasteiger partial charge in [-0.3, -0.25) is 0 Å². The molecule has 0 heterocycles. The quantitative estimate of drug-likeness (QED) is 0.631. The van der Waals surface area contributed by atoms with Gasteiger partial charge >= 0.3 is 0 Å². The van der Waals surface area contributed by atoms with Crippen LogP contribution in [0.3, 0.4) is 0 Å². The van der Waals surface area contributed by atoms with Crippen LogP contribution in [0.4, 0.5) is 11.4 Å². The van der Waals surface area contributed by atoms with E-state index in [9.17, 15) is 0 Å². The highest BCUT2D eigenvalue weighted by molar-refractivity contribution is 5.74. The van der Waals surface area contributed by atoms with Gasteiger partial charge in [0.2, 0.25) is 0 Å². The second-order valence-electron chi connectivity index (χ2n) is 4.03. The van der Waals surface area contributed by atoms with E-state index < -0.39 is 0 Å². The van der Waals surface area contributed by atoms with E-state index >= 15 is 0 Å². The number of ether oxygens (including phenoxy) is 1. The molecule has 0 saturated carbocycles. The van der Waals surface area contributed by atoms with E-state index in [0.717, 1.165) is 0 Å². The van der Waals surface area contributed by atoms with Gasteiger partial charge in [0.15, 0.2) is 0 Å². The Morgan fingerprint density at radius 2 is 1.89 bits per heavy atom. The lowest BCUT2D eigenvalue weighted by Crippen LogP contribution is -2.25. The average Bonchev–Trinajstić information content (AvgIpc) is 2.31. The molecule has 18 heavy (non-hydrogen) atoms. The molecule has 1 rings (SSSR count). The standard InChI is InChI=1S/C13H16N4O/c1-10(2)18-12-5-3-4-11(13(12)16)17(8-6-14)9-7-15/h3-5,10H,8-9,16H2,1-2H3. The van der Waals surface area contributed by atoms with Gasteiger partial charge in [0.1, 0.15) is 18.8 Å². The summed E-state index contributed by atoms with van der Waals surface area (Å²) in [6, 6.07) is 9.38. The Morgan fingerprint density at radius 1 is 1.28 bits per heavy atom. The minimum absolute atomic E-state index is 0.0166. The first-order valence-corrected chi connectivity index (χ1v) is 5.64. The van der Waals surface area contributed by atoms with Gasteiger partial charge in [-0.25, -0.2) is 0 Å². The lowest BCUT2D eigenvalue weighted by molar-refractivity contribution is 0.244. The smallest absolute Gasteiger partial charge is 0.144 e. The third kappa shape index (κ3) is 3.29. The van der Waals surface area contributed by atoms with Crippen LogP contribution in [0.2, 0.25) is 0 Å². The van der Waals surface area contributed by atoms with Crippen LogP contribution < -0.4 is 15.4 Å². The van der Waals surface area contributed by atoms with Crippen molar-refractivity contribution in [3.8, 4) is 17.9 Å². The van der Waals surface area contributed by atoms with Crippen LogP contribution in [-0.4, -0.2) is 19.2 Å². The van der Waals surface area contributed by atoms with E-state index in [1.54, 1.807) is 23.1 Å². The number of hydrogen-bond donors (Lipinski definition) is 1. The molecule has 0 fully saturated rings. The summed E-state index contributed by atoms with van der Waals surface area (Å²) >= 11 is 0. The number of anilines is 2. The van der Waals surface area contributed by atoms with Crippen LogP contribution in [0.15, 0.2) is 18.2 Å². The zero-order valence-corrected chi connectivity index (χ0v) is 10.6. The van der Waals surface area contributed by atoms with Gasteiger partial charge in [0.25, 0.3) is 0 Å². The van der Waals surface area contributed by atoms with Gasteiger partial charge in [-0.2, -0.15) is 10.5 Å². The zero-order valence-electron chi connectivity index (χ0n) is 10.6. The van der Waals surface area contributed by atoms with Crippen molar-refractivity contribution >= 4 is 11.4 Å². The summed E-state index contributed by atoms with van der Waals surface area (Å²) in [4.78, 5) is 1.61. The maximum Gasteiger partial charge on any atom is 0.144 e. The Hall–Kier alpha value is -2.40. The molecule has 0 amide bonds. The Kier molecular flexibility index (Phi) is 4.83. The number of nitrogen functional groups attached to an aromatic ring is 1. The van der Waals surface area contributed by atoms with Crippen molar-refractivity contribution in [2.24, 2.45) is 0 Å². The molecule has 0 radical (unpaired) electrons. The summed E-state index contributed by atoms with van der Waals surface area (Å²) < 4.78 is 5.57. The molecule has 0 aliphatic carbocycles. The summed E-state index contributed by atoms with van der Waals surface area (Å²) in [6.45, 7) is 4.05. The predicted molar refractivity (Wildman–Crippen MR) is 70.1 cm³/mol. The van der Waals surface area contributed by atoms with E-state index in [0.29, 0.717) is 17.1 Å². The minimum atomic E-state index is 0.0166. The average molecular weight is 244 g/mol. The van der Waals surface area contributed by atoms with Crippen LogP contribution in [0.5, 0.6) is 5.75 Å². The van der Waals surface area contributed by atoms with Gasteiger partial charge in [0.05, 0.1) is 29.6 Å². The maximum absolute atomic E-state index is 8.76. The fourth-order valence-electron chi connectivity index (χ4n) is 1.56. The van der Waals surface area contributed by atoms with Crippen LogP contribution in [-0.2, 0) is 0 Å². The molecule has 5 nitrogen and oxygen atoms in total. The molecule has 5 heteroatoms. The first kappa shape index (κ1) is 13.7. The number of hydrogen-bond acceptors (Lipinski definition) is 5. The molecule has 0 atom stereocenters. The van der Waals surface area contributed by atoms with Crippen molar-refractivity contribution in [2.75, 3.05) is 23.7 Å². The fraction of sp³-hybridized carbons (Fsp3) is 0.385. The number of nitrogens with two attached hydrogens (primary N) is 1. The molecule has 0 unspecified atom stereocenters. The largest absolute Gasteiger partial charge is 0.489 e. The second-order valence-corrected chi connectivity index (χ2v) is 4.03. The molecule has 1 aromatic carbocycles. The molecular formula is C13H16N4O. The highest BCUT2D eigenvalue weighted by atomic mass is 16.5. The first-order chi connectivity index (χ1) is 8.60. The Morgan fingerprint density at radius 3 is 2.39 bits per heavy atom. The van der Waals surface area contributed by atoms with Gasteiger partial charge in [-0.1, -0.05) is 6.07 Å². The van der Waals surface area contributed by atoms with Crippen molar-refractivity contribution in [2.45, 2.75) is 20.0 Å². The summed E-state index contributed by atoms with van der Waals surface area (Å²) in [5.74, 6) is 0.573. The number of nitriles is 2. The number of para-hydroxylation sites is 1. The molecule has 0 saturated heterocycles. The molecule has 0 aliphatic heterocycles. The summed E-state index contributed by atoms with van der Waals surface area (Å²) in [5.41, 5.74) is 7.11. The van der Waals surface area contributed by atoms with E-state index in [1.165, 1.54) is 0 Å². The Labute approximate surface area is 107 Å². The molecule has 1 aromatic rings. The normalized spacial score (nSPS) is 9.61. The number of rotatable bonds is 5. The second kappa shape index (κ2) is 6.36.